The van der Waals surface area contributed by atoms with Gasteiger partial charge in [-0.1, -0.05) is 60.7 Å². The number of amides is 1. The molecular weight excluding hydrogens is 378 g/mol. The number of nitrogens with one attached hydrogen (secondary N) is 1. The summed E-state index contributed by atoms with van der Waals surface area (Å²) in [7, 11) is 0. The van der Waals surface area contributed by atoms with Crippen molar-refractivity contribution >= 4 is 5.91 Å². The standard InChI is InChI=1S/C24H25N3O3/c1-2-27-24(29)21(23(28)25-16-19-14-9-15-30-19)20(17-10-5-3-6-11-17)22(26-27)18-12-7-4-8-13-18/h3-8,10-13,19H,2,9,14-16H2,1H3,(H,25,28)/t19-/m0/s1. The molecule has 0 spiro atoms. The molecule has 154 valence electrons. The Bertz CT molecular complexity index is 1070. The Morgan fingerprint density at radius 2 is 1.77 bits per heavy atom. The van der Waals surface area contributed by atoms with Crippen molar-refractivity contribution in [1.29, 1.82) is 0 Å². The second-order valence-corrected chi connectivity index (χ2v) is 7.30. The summed E-state index contributed by atoms with van der Waals surface area (Å²) in [6, 6.07) is 19.1. The fraction of sp³-hybridized carbons (Fsp3) is 0.292. The van der Waals surface area contributed by atoms with E-state index in [0.717, 1.165) is 24.0 Å². The lowest BCUT2D eigenvalue weighted by molar-refractivity contribution is 0.0856. The normalized spacial score (nSPS) is 15.8. The summed E-state index contributed by atoms with van der Waals surface area (Å²) in [6.45, 7) is 3.33. The van der Waals surface area contributed by atoms with Gasteiger partial charge >= 0.3 is 0 Å². The van der Waals surface area contributed by atoms with E-state index in [1.54, 1.807) is 0 Å². The highest BCUT2D eigenvalue weighted by Crippen LogP contribution is 2.32. The molecule has 0 aliphatic carbocycles. The molecule has 1 atom stereocenters. The van der Waals surface area contributed by atoms with Gasteiger partial charge < -0.3 is 10.1 Å². The zero-order valence-corrected chi connectivity index (χ0v) is 17.0. The van der Waals surface area contributed by atoms with Crippen molar-refractivity contribution < 1.29 is 9.53 Å². The molecular formula is C24H25N3O3. The number of hydrogen-bond donors (Lipinski definition) is 1. The first-order valence-corrected chi connectivity index (χ1v) is 10.3. The van der Waals surface area contributed by atoms with Gasteiger partial charge in [0.1, 0.15) is 5.56 Å². The van der Waals surface area contributed by atoms with Crippen LogP contribution in [0.2, 0.25) is 0 Å². The van der Waals surface area contributed by atoms with Gasteiger partial charge in [0, 0.05) is 30.8 Å². The summed E-state index contributed by atoms with van der Waals surface area (Å²) in [5.74, 6) is -0.392. The lowest BCUT2D eigenvalue weighted by atomic mass is 9.95. The van der Waals surface area contributed by atoms with E-state index < -0.39 is 5.91 Å². The van der Waals surface area contributed by atoms with Crippen LogP contribution in [0.3, 0.4) is 0 Å². The number of aryl methyl sites for hydroxylation is 1. The van der Waals surface area contributed by atoms with Crippen molar-refractivity contribution in [3.63, 3.8) is 0 Å². The molecule has 0 bridgehead atoms. The molecule has 6 nitrogen and oxygen atoms in total. The highest BCUT2D eigenvalue weighted by molar-refractivity contribution is 6.03. The molecule has 3 aromatic rings. The molecule has 1 aliphatic rings. The fourth-order valence-corrected chi connectivity index (χ4v) is 3.78. The Balaban J connectivity index is 1.88. The van der Waals surface area contributed by atoms with Gasteiger partial charge in [-0.15, -0.1) is 0 Å². The Labute approximate surface area is 175 Å². The van der Waals surface area contributed by atoms with E-state index in [1.165, 1.54) is 4.68 Å². The van der Waals surface area contributed by atoms with Crippen molar-refractivity contribution in [2.24, 2.45) is 0 Å². The van der Waals surface area contributed by atoms with Gasteiger partial charge in [-0.3, -0.25) is 9.59 Å². The predicted octanol–water partition coefficient (Wildman–Crippen LogP) is 3.51. The molecule has 1 amide bonds. The van der Waals surface area contributed by atoms with E-state index in [9.17, 15) is 9.59 Å². The molecule has 1 aliphatic heterocycles. The third kappa shape index (κ3) is 4.04. The van der Waals surface area contributed by atoms with Crippen LogP contribution in [0.5, 0.6) is 0 Å². The van der Waals surface area contributed by atoms with Crippen molar-refractivity contribution in [3.05, 3.63) is 76.6 Å². The van der Waals surface area contributed by atoms with Crippen molar-refractivity contribution in [1.82, 2.24) is 15.1 Å². The maximum absolute atomic E-state index is 13.3. The fourth-order valence-electron chi connectivity index (χ4n) is 3.78. The lowest BCUT2D eigenvalue weighted by Gasteiger charge is -2.17. The van der Waals surface area contributed by atoms with E-state index >= 15 is 0 Å². The molecule has 6 heteroatoms. The molecule has 1 N–H and O–H groups in total. The predicted molar refractivity (Wildman–Crippen MR) is 116 cm³/mol. The number of aromatic nitrogens is 2. The number of carbonyl (C=O) groups excluding carboxylic acids is 1. The molecule has 0 saturated carbocycles. The minimum Gasteiger partial charge on any atom is -0.376 e. The van der Waals surface area contributed by atoms with Gasteiger partial charge in [-0.25, -0.2) is 4.68 Å². The molecule has 1 fully saturated rings. The molecule has 1 saturated heterocycles. The van der Waals surface area contributed by atoms with Crippen LogP contribution in [-0.4, -0.2) is 34.9 Å². The smallest absolute Gasteiger partial charge is 0.280 e. The summed E-state index contributed by atoms with van der Waals surface area (Å²) in [4.78, 5) is 26.5. The summed E-state index contributed by atoms with van der Waals surface area (Å²) < 4.78 is 6.97. The van der Waals surface area contributed by atoms with Gasteiger partial charge in [0.05, 0.1) is 11.8 Å². The minimum atomic E-state index is -0.392. The first kappa shape index (κ1) is 20.0. The van der Waals surface area contributed by atoms with Gasteiger partial charge in [0.15, 0.2) is 0 Å². The van der Waals surface area contributed by atoms with E-state index in [4.69, 9.17) is 4.74 Å². The maximum atomic E-state index is 13.3. The zero-order chi connectivity index (χ0) is 20.9. The van der Waals surface area contributed by atoms with Crippen LogP contribution < -0.4 is 10.9 Å². The Kier molecular flexibility index (Phi) is 6.05. The summed E-state index contributed by atoms with van der Waals surface area (Å²) in [5.41, 5.74) is 2.54. The quantitative estimate of drug-likeness (QED) is 0.684. The number of rotatable bonds is 6. The van der Waals surface area contributed by atoms with Crippen LogP contribution in [-0.2, 0) is 11.3 Å². The number of hydrogen-bond acceptors (Lipinski definition) is 4. The zero-order valence-electron chi connectivity index (χ0n) is 17.0. The van der Waals surface area contributed by atoms with Gasteiger partial charge in [-0.05, 0) is 25.3 Å². The SMILES string of the molecule is CCn1nc(-c2ccccc2)c(-c2ccccc2)c(C(=O)NC[C@@H]2CCCO2)c1=O. The second-order valence-electron chi connectivity index (χ2n) is 7.30. The van der Waals surface area contributed by atoms with Crippen LogP contribution in [0.25, 0.3) is 22.4 Å². The lowest BCUT2D eigenvalue weighted by Crippen LogP contribution is -2.38. The number of ether oxygens (including phenoxy) is 1. The van der Waals surface area contributed by atoms with Gasteiger partial charge in [-0.2, -0.15) is 5.10 Å². The highest BCUT2D eigenvalue weighted by atomic mass is 16.5. The van der Waals surface area contributed by atoms with Crippen LogP contribution >= 0.6 is 0 Å². The van der Waals surface area contributed by atoms with E-state index in [1.807, 2.05) is 67.6 Å². The topological polar surface area (TPSA) is 73.2 Å². The third-order valence-corrected chi connectivity index (χ3v) is 5.31. The van der Waals surface area contributed by atoms with Crippen LogP contribution in [0.4, 0.5) is 0 Å². The van der Waals surface area contributed by atoms with Crippen LogP contribution in [0.1, 0.15) is 30.1 Å². The number of nitrogens with zero attached hydrogens (tertiary/aromatic N) is 2. The summed E-state index contributed by atoms with van der Waals surface area (Å²) >= 11 is 0. The maximum Gasteiger partial charge on any atom is 0.280 e. The van der Waals surface area contributed by atoms with Gasteiger partial charge in [0.2, 0.25) is 0 Å². The Morgan fingerprint density at radius 3 is 2.37 bits per heavy atom. The Hall–Kier alpha value is -3.25. The average Bonchev–Trinajstić information content (AvgIpc) is 3.32. The van der Waals surface area contributed by atoms with E-state index in [-0.39, 0.29) is 17.2 Å². The Morgan fingerprint density at radius 1 is 1.10 bits per heavy atom. The summed E-state index contributed by atoms with van der Waals surface area (Å²) in [6.07, 6.45) is 1.90. The molecule has 0 unspecified atom stereocenters. The van der Waals surface area contributed by atoms with Crippen molar-refractivity contribution in [2.75, 3.05) is 13.2 Å². The highest BCUT2D eigenvalue weighted by Gasteiger charge is 2.26. The van der Waals surface area contributed by atoms with E-state index in [2.05, 4.69) is 10.4 Å². The average molecular weight is 403 g/mol. The first-order valence-electron chi connectivity index (χ1n) is 10.3. The second kappa shape index (κ2) is 9.05. The van der Waals surface area contributed by atoms with Crippen molar-refractivity contribution in [3.8, 4) is 22.4 Å². The monoisotopic (exact) mass is 403 g/mol. The molecule has 1 aromatic heterocycles. The molecule has 2 heterocycles. The van der Waals surface area contributed by atoms with Crippen LogP contribution in [0.15, 0.2) is 65.5 Å². The molecule has 4 rings (SSSR count). The van der Waals surface area contributed by atoms with E-state index in [0.29, 0.717) is 31.0 Å². The molecule has 30 heavy (non-hydrogen) atoms. The number of benzene rings is 2. The first-order chi connectivity index (χ1) is 14.7. The van der Waals surface area contributed by atoms with Crippen molar-refractivity contribution in [2.45, 2.75) is 32.4 Å². The largest absolute Gasteiger partial charge is 0.376 e. The van der Waals surface area contributed by atoms with Gasteiger partial charge in [0.25, 0.3) is 11.5 Å². The third-order valence-electron chi connectivity index (χ3n) is 5.31. The summed E-state index contributed by atoms with van der Waals surface area (Å²) in [5, 5.41) is 7.53. The minimum absolute atomic E-state index is 0.00189. The number of carbonyl (C=O) groups is 1. The molecule has 0 radical (unpaired) electrons. The molecule has 2 aromatic carbocycles. The van der Waals surface area contributed by atoms with Crippen LogP contribution in [0, 0.1) is 0 Å².